The minimum atomic E-state index is -0.717. The van der Waals surface area contributed by atoms with Crippen LogP contribution in [0.2, 0.25) is 0 Å². The Morgan fingerprint density at radius 2 is 1.47 bits per heavy atom. The van der Waals surface area contributed by atoms with Gasteiger partial charge in [-0.2, -0.15) is 0 Å². The van der Waals surface area contributed by atoms with Crippen molar-refractivity contribution in [3.05, 3.63) is 0 Å². The smallest absolute Gasteiger partial charge is 0.320 e. The summed E-state index contributed by atoms with van der Waals surface area (Å²) in [6, 6.07) is -0.0464. The molecule has 0 saturated carbocycles. The fourth-order valence-electron chi connectivity index (χ4n) is 2.40. The summed E-state index contributed by atoms with van der Waals surface area (Å²) in [4.78, 5) is 11.3. The van der Waals surface area contributed by atoms with Crippen molar-refractivity contribution < 1.29 is 9.90 Å². The summed E-state index contributed by atoms with van der Waals surface area (Å²) in [5.74, 6) is -0.580. The Kier molecular flexibility index (Phi) is 10.9. The van der Waals surface area contributed by atoms with Crippen molar-refractivity contribution in [2.24, 2.45) is 5.92 Å². The summed E-state index contributed by atoms with van der Waals surface area (Å²) in [6.07, 6.45) is 9.52. The van der Waals surface area contributed by atoms with Gasteiger partial charge in [0.25, 0.3) is 0 Å². The summed E-state index contributed by atoms with van der Waals surface area (Å²) in [6.45, 7) is 8.35. The van der Waals surface area contributed by atoms with Crippen LogP contribution in [0.4, 0.5) is 0 Å². The molecule has 114 valence electrons. The van der Waals surface area contributed by atoms with Crippen LogP contribution in [-0.2, 0) is 4.79 Å². The topological polar surface area (TPSA) is 49.3 Å². The Morgan fingerprint density at radius 3 is 1.79 bits per heavy atom. The Morgan fingerprint density at radius 1 is 1.00 bits per heavy atom. The summed E-state index contributed by atoms with van der Waals surface area (Å²) in [5.41, 5.74) is 0. The van der Waals surface area contributed by atoms with E-state index < -0.39 is 12.0 Å². The monoisotopic (exact) mass is 271 g/mol. The van der Waals surface area contributed by atoms with Crippen LogP contribution in [0.1, 0.15) is 79.1 Å². The second-order valence-electron chi connectivity index (χ2n) is 5.92. The molecule has 3 nitrogen and oxygen atoms in total. The first-order valence-corrected chi connectivity index (χ1v) is 8.01. The van der Waals surface area contributed by atoms with Gasteiger partial charge in [-0.05, 0) is 18.8 Å². The fraction of sp³-hybridized carbons (Fsp3) is 0.938. The molecule has 0 bridgehead atoms. The maximum Gasteiger partial charge on any atom is 0.320 e. The van der Waals surface area contributed by atoms with Crippen LogP contribution in [0.15, 0.2) is 0 Å². The number of carbonyl (C=O) groups is 1. The van der Waals surface area contributed by atoms with E-state index in [-0.39, 0.29) is 5.92 Å². The van der Waals surface area contributed by atoms with Gasteiger partial charge in [0.2, 0.25) is 0 Å². The van der Waals surface area contributed by atoms with Crippen LogP contribution in [0.25, 0.3) is 0 Å². The number of nitrogens with one attached hydrogen (secondary N) is 1. The van der Waals surface area contributed by atoms with Crippen molar-refractivity contribution in [3.8, 4) is 0 Å². The molecule has 0 spiro atoms. The quantitative estimate of drug-likeness (QED) is 0.523. The molecule has 19 heavy (non-hydrogen) atoms. The van der Waals surface area contributed by atoms with Gasteiger partial charge in [0.05, 0.1) is 0 Å². The zero-order valence-corrected chi connectivity index (χ0v) is 13.2. The zero-order chi connectivity index (χ0) is 14.7. The molecule has 0 saturated heterocycles. The fourth-order valence-corrected chi connectivity index (χ4v) is 2.40. The summed E-state index contributed by atoms with van der Waals surface area (Å²) in [7, 11) is 0. The molecule has 1 atom stereocenters. The molecule has 0 rings (SSSR count). The van der Waals surface area contributed by atoms with Gasteiger partial charge in [-0.3, -0.25) is 4.79 Å². The lowest BCUT2D eigenvalue weighted by atomic mass is 9.98. The van der Waals surface area contributed by atoms with E-state index in [1.165, 1.54) is 38.5 Å². The standard InChI is InChI=1S/C16H33NO2/c1-5-7-9-11-14(12-10-8-6-2)17-15(13(3)4)16(18)19/h13-15,17H,5-12H2,1-4H3,(H,18,19). The van der Waals surface area contributed by atoms with Crippen LogP contribution < -0.4 is 5.32 Å². The van der Waals surface area contributed by atoms with Crippen LogP contribution in [-0.4, -0.2) is 23.2 Å². The van der Waals surface area contributed by atoms with Gasteiger partial charge in [-0.15, -0.1) is 0 Å². The summed E-state index contributed by atoms with van der Waals surface area (Å²) < 4.78 is 0. The van der Waals surface area contributed by atoms with Crippen LogP contribution >= 0.6 is 0 Å². The van der Waals surface area contributed by atoms with Crippen LogP contribution in [0, 0.1) is 5.92 Å². The molecule has 2 N–H and O–H groups in total. The van der Waals surface area contributed by atoms with E-state index in [1.807, 2.05) is 13.8 Å². The number of hydrogen-bond donors (Lipinski definition) is 2. The predicted octanol–water partition coefficient (Wildman–Crippen LogP) is 4.21. The Hall–Kier alpha value is -0.570. The number of unbranched alkanes of at least 4 members (excludes halogenated alkanes) is 4. The number of carboxylic acid groups (broad SMARTS) is 1. The van der Waals surface area contributed by atoms with Gasteiger partial charge in [0.1, 0.15) is 6.04 Å². The number of carboxylic acids is 1. The Bertz CT molecular complexity index is 219. The van der Waals surface area contributed by atoms with E-state index in [9.17, 15) is 9.90 Å². The van der Waals surface area contributed by atoms with E-state index in [0.29, 0.717) is 6.04 Å². The highest BCUT2D eigenvalue weighted by Gasteiger charge is 2.24. The molecule has 0 aromatic carbocycles. The van der Waals surface area contributed by atoms with Crippen molar-refractivity contribution in [3.63, 3.8) is 0 Å². The second-order valence-corrected chi connectivity index (χ2v) is 5.92. The van der Waals surface area contributed by atoms with Gasteiger partial charge >= 0.3 is 5.97 Å². The molecular weight excluding hydrogens is 238 g/mol. The minimum absolute atomic E-state index is 0.136. The molecule has 0 aromatic rings. The third kappa shape index (κ3) is 9.04. The van der Waals surface area contributed by atoms with E-state index in [0.717, 1.165) is 12.8 Å². The van der Waals surface area contributed by atoms with Crippen molar-refractivity contribution in [1.29, 1.82) is 0 Å². The van der Waals surface area contributed by atoms with Crippen molar-refractivity contribution in [2.75, 3.05) is 0 Å². The highest BCUT2D eigenvalue weighted by Crippen LogP contribution is 2.14. The molecule has 0 aliphatic rings. The molecule has 3 heteroatoms. The SMILES string of the molecule is CCCCCC(CCCCC)NC(C(=O)O)C(C)C. The summed E-state index contributed by atoms with van der Waals surface area (Å²) >= 11 is 0. The maximum atomic E-state index is 11.3. The molecule has 0 aliphatic carbocycles. The van der Waals surface area contributed by atoms with Crippen molar-refractivity contribution in [1.82, 2.24) is 5.32 Å². The molecule has 0 radical (unpaired) electrons. The first-order valence-electron chi connectivity index (χ1n) is 8.01. The van der Waals surface area contributed by atoms with E-state index in [2.05, 4.69) is 19.2 Å². The highest BCUT2D eigenvalue weighted by atomic mass is 16.4. The molecule has 0 aromatic heterocycles. The highest BCUT2D eigenvalue weighted by molar-refractivity contribution is 5.73. The van der Waals surface area contributed by atoms with Gasteiger partial charge in [-0.25, -0.2) is 0 Å². The lowest BCUT2D eigenvalue weighted by Gasteiger charge is -2.25. The molecule has 0 aliphatic heterocycles. The summed E-state index contributed by atoms with van der Waals surface area (Å²) in [5, 5.41) is 12.6. The van der Waals surface area contributed by atoms with E-state index in [4.69, 9.17) is 0 Å². The van der Waals surface area contributed by atoms with E-state index >= 15 is 0 Å². The van der Waals surface area contributed by atoms with Crippen molar-refractivity contribution in [2.45, 2.75) is 91.1 Å². The van der Waals surface area contributed by atoms with Crippen molar-refractivity contribution >= 4 is 5.97 Å². The number of aliphatic carboxylic acids is 1. The van der Waals surface area contributed by atoms with Crippen LogP contribution in [0.5, 0.6) is 0 Å². The molecular formula is C16H33NO2. The molecule has 0 amide bonds. The first-order chi connectivity index (χ1) is 9.02. The normalized spacial score (nSPS) is 13.2. The molecule has 0 heterocycles. The average molecular weight is 271 g/mol. The third-order valence-electron chi connectivity index (χ3n) is 3.66. The zero-order valence-electron chi connectivity index (χ0n) is 13.2. The number of hydrogen-bond acceptors (Lipinski definition) is 2. The second kappa shape index (κ2) is 11.3. The van der Waals surface area contributed by atoms with Crippen LogP contribution in [0.3, 0.4) is 0 Å². The average Bonchev–Trinajstić information content (AvgIpc) is 2.34. The Labute approximate surface area is 119 Å². The lowest BCUT2D eigenvalue weighted by molar-refractivity contribution is -0.141. The minimum Gasteiger partial charge on any atom is -0.480 e. The van der Waals surface area contributed by atoms with Gasteiger partial charge in [0, 0.05) is 6.04 Å². The van der Waals surface area contributed by atoms with Gasteiger partial charge < -0.3 is 10.4 Å². The molecule has 1 unspecified atom stereocenters. The first kappa shape index (κ1) is 18.4. The van der Waals surface area contributed by atoms with Gasteiger partial charge in [-0.1, -0.05) is 66.2 Å². The largest absolute Gasteiger partial charge is 0.480 e. The predicted molar refractivity (Wildman–Crippen MR) is 81.5 cm³/mol. The maximum absolute atomic E-state index is 11.3. The lowest BCUT2D eigenvalue weighted by Crippen LogP contribution is -2.46. The third-order valence-corrected chi connectivity index (χ3v) is 3.66. The number of rotatable bonds is 12. The molecule has 0 fully saturated rings. The van der Waals surface area contributed by atoms with Gasteiger partial charge in [0.15, 0.2) is 0 Å². The van der Waals surface area contributed by atoms with E-state index in [1.54, 1.807) is 0 Å². The Balaban J connectivity index is 4.30.